The van der Waals surface area contributed by atoms with Gasteiger partial charge in [0, 0.05) is 19.6 Å². The highest BCUT2D eigenvalue weighted by atomic mass is 16.5. The van der Waals surface area contributed by atoms with Gasteiger partial charge in [-0.1, -0.05) is 25.1 Å². The molecule has 1 saturated heterocycles. The first-order chi connectivity index (χ1) is 12.9. The molecule has 1 aromatic carbocycles. The van der Waals surface area contributed by atoms with E-state index in [1.165, 1.54) is 7.11 Å². The number of methoxy groups -OCH3 is 1. The zero-order chi connectivity index (χ0) is 19.6. The lowest BCUT2D eigenvalue weighted by Crippen LogP contribution is -2.37. The average Bonchev–Trinajstić information content (AvgIpc) is 3.03. The standard InChI is InChI=1S/C21H27NO5/c1-4-27-21(25)19-13(2)5-7-15-11-22(12-17(15)19)10-14-6-8-18(26-3)16(9-14)20(23)24/h5-9,13,15,17,19H,4,10-12H2,1-3H3,(H,23,24)/t13-,15-,17-,19-/m0/s1. The van der Waals surface area contributed by atoms with Crippen molar-refractivity contribution in [1.82, 2.24) is 4.90 Å². The summed E-state index contributed by atoms with van der Waals surface area (Å²) in [6.07, 6.45) is 4.35. The first-order valence-electron chi connectivity index (χ1n) is 9.42. The quantitative estimate of drug-likeness (QED) is 0.610. The molecule has 0 bridgehead atoms. The van der Waals surface area contributed by atoms with Crippen LogP contribution >= 0.6 is 0 Å². The van der Waals surface area contributed by atoms with Crippen LogP contribution in [-0.4, -0.2) is 48.8 Å². The predicted octanol–water partition coefficient (Wildman–Crippen LogP) is 2.83. The molecule has 3 rings (SSSR count). The van der Waals surface area contributed by atoms with E-state index in [1.807, 2.05) is 13.0 Å². The fourth-order valence-corrected chi connectivity index (χ4v) is 4.39. The van der Waals surface area contributed by atoms with Crippen molar-refractivity contribution in [3.05, 3.63) is 41.5 Å². The number of carbonyl (C=O) groups excluding carboxylic acids is 1. The van der Waals surface area contributed by atoms with Gasteiger partial charge >= 0.3 is 11.9 Å². The largest absolute Gasteiger partial charge is 0.496 e. The third-order valence-corrected chi connectivity index (χ3v) is 5.64. The lowest BCUT2D eigenvalue weighted by Gasteiger charge is -2.32. The first kappa shape index (κ1) is 19.4. The Kier molecular flexibility index (Phi) is 5.85. The van der Waals surface area contributed by atoms with E-state index in [-0.39, 0.29) is 29.3 Å². The minimum absolute atomic E-state index is 0.108. The van der Waals surface area contributed by atoms with E-state index in [4.69, 9.17) is 9.47 Å². The Morgan fingerprint density at radius 3 is 2.70 bits per heavy atom. The van der Waals surface area contributed by atoms with Gasteiger partial charge in [-0.2, -0.15) is 0 Å². The fourth-order valence-electron chi connectivity index (χ4n) is 4.39. The molecule has 0 unspecified atom stereocenters. The molecule has 2 aliphatic rings. The lowest BCUT2D eigenvalue weighted by atomic mass is 9.72. The van der Waals surface area contributed by atoms with Gasteiger partial charge in [-0.05, 0) is 42.4 Å². The topological polar surface area (TPSA) is 76.1 Å². The summed E-state index contributed by atoms with van der Waals surface area (Å²) in [5, 5.41) is 9.37. The van der Waals surface area contributed by atoms with Crippen molar-refractivity contribution in [2.75, 3.05) is 26.8 Å². The molecule has 1 aromatic rings. The number of carbonyl (C=O) groups is 2. The van der Waals surface area contributed by atoms with Gasteiger partial charge in [-0.15, -0.1) is 0 Å². The molecule has 0 radical (unpaired) electrons. The number of fused-ring (bicyclic) bond motifs is 1. The van der Waals surface area contributed by atoms with Crippen LogP contribution in [0.4, 0.5) is 0 Å². The van der Waals surface area contributed by atoms with Crippen molar-refractivity contribution in [2.45, 2.75) is 20.4 Å². The Hall–Kier alpha value is -2.34. The van der Waals surface area contributed by atoms with Crippen LogP contribution in [0.25, 0.3) is 0 Å². The van der Waals surface area contributed by atoms with Gasteiger partial charge in [0.05, 0.1) is 19.6 Å². The molecule has 1 heterocycles. The highest BCUT2D eigenvalue weighted by Gasteiger charge is 2.44. The molecule has 1 aliphatic carbocycles. The molecule has 0 aromatic heterocycles. The zero-order valence-corrected chi connectivity index (χ0v) is 16.1. The van der Waals surface area contributed by atoms with Crippen molar-refractivity contribution >= 4 is 11.9 Å². The second-order valence-corrected chi connectivity index (χ2v) is 7.38. The molecule has 146 valence electrons. The summed E-state index contributed by atoms with van der Waals surface area (Å²) in [6, 6.07) is 5.27. The normalized spacial score (nSPS) is 27.2. The Balaban J connectivity index is 1.74. The van der Waals surface area contributed by atoms with Gasteiger partial charge in [0.2, 0.25) is 0 Å². The molecule has 1 fully saturated rings. The zero-order valence-electron chi connectivity index (χ0n) is 16.1. The van der Waals surface area contributed by atoms with Crippen LogP contribution in [0.5, 0.6) is 5.75 Å². The maximum atomic E-state index is 12.5. The molecular weight excluding hydrogens is 346 g/mol. The van der Waals surface area contributed by atoms with Gasteiger partial charge in [0.1, 0.15) is 11.3 Å². The minimum atomic E-state index is -0.997. The molecule has 1 aliphatic heterocycles. The first-order valence-corrected chi connectivity index (χ1v) is 9.42. The van der Waals surface area contributed by atoms with Crippen LogP contribution in [0, 0.1) is 23.7 Å². The van der Waals surface area contributed by atoms with Gasteiger partial charge in [-0.3, -0.25) is 9.69 Å². The Morgan fingerprint density at radius 1 is 1.26 bits per heavy atom. The number of hydrogen-bond donors (Lipinski definition) is 1. The molecule has 4 atom stereocenters. The lowest BCUT2D eigenvalue weighted by molar-refractivity contribution is -0.152. The van der Waals surface area contributed by atoms with Crippen LogP contribution in [0.2, 0.25) is 0 Å². The third kappa shape index (κ3) is 4.00. The second-order valence-electron chi connectivity index (χ2n) is 7.38. The average molecular weight is 373 g/mol. The Bertz CT molecular complexity index is 744. The Morgan fingerprint density at radius 2 is 2.04 bits per heavy atom. The van der Waals surface area contributed by atoms with E-state index in [0.29, 0.717) is 24.8 Å². The highest BCUT2D eigenvalue weighted by molar-refractivity contribution is 5.91. The number of ether oxygens (including phenoxy) is 2. The molecule has 1 N–H and O–H groups in total. The number of aromatic carboxylic acids is 1. The molecule has 0 saturated carbocycles. The van der Waals surface area contributed by atoms with E-state index >= 15 is 0 Å². The number of likely N-dealkylation sites (tertiary alicyclic amines) is 1. The number of nitrogens with zero attached hydrogens (tertiary/aromatic N) is 1. The van der Waals surface area contributed by atoms with Crippen LogP contribution < -0.4 is 4.74 Å². The van der Waals surface area contributed by atoms with Crippen LogP contribution in [-0.2, 0) is 16.1 Å². The number of allylic oxidation sites excluding steroid dienone is 1. The minimum Gasteiger partial charge on any atom is -0.496 e. The van der Waals surface area contributed by atoms with Crippen molar-refractivity contribution in [1.29, 1.82) is 0 Å². The van der Waals surface area contributed by atoms with E-state index in [1.54, 1.807) is 12.1 Å². The molecule has 6 heteroatoms. The predicted molar refractivity (Wildman–Crippen MR) is 101 cm³/mol. The smallest absolute Gasteiger partial charge is 0.339 e. The fraction of sp³-hybridized carbons (Fsp3) is 0.524. The number of carboxylic acid groups (broad SMARTS) is 1. The van der Waals surface area contributed by atoms with E-state index in [9.17, 15) is 14.7 Å². The molecule has 6 nitrogen and oxygen atoms in total. The van der Waals surface area contributed by atoms with Crippen molar-refractivity contribution < 1.29 is 24.2 Å². The van der Waals surface area contributed by atoms with Crippen LogP contribution in [0.15, 0.2) is 30.4 Å². The summed E-state index contributed by atoms with van der Waals surface area (Å²) >= 11 is 0. The maximum Gasteiger partial charge on any atom is 0.339 e. The molecule has 0 amide bonds. The summed E-state index contributed by atoms with van der Waals surface area (Å²) in [4.78, 5) is 26.2. The number of carboxylic acids is 1. The van der Waals surface area contributed by atoms with Gasteiger partial charge in [0.25, 0.3) is 0 Å². The van der Waals surface area contributed by atoms with Gasteiger partial charge in [0.15, 0.2) is 0 Å². The number of esters is 1. The van der Waals surface area contributed by atoms with Crippen molar-refractivity contribution in [3.8, 4) is 5.75 Å². The van der Waals surface area contributed by atoms with Gasteiger partial charge < -0.3 is 14.6 Å². The Labute approximate surface area is 159 Å². The van der Waals surface area contributed by atoms with Crippen molar-refractivity contribution in [3.63, 3.8) is 0 Å². The number of hydrogen-bond acceptors (Lipinski definition) is 5. The van der Waals surface area contributed by atoms with Crippen LogP contribution in [0.3, 0.4) is 0 Å². The SMILES string of the molecule is CCOC(=O)[C@@H]1[C@H]2CN(Cc3ccc(OC)c(C(=O)O)c3)C[C@@H]2C=C[C@@H]1C. The number of rotatable bonds is 6. The summed E-state index contributed by atoms with van der Waals surface area (Å²) in [5.41, 5.74) is 1.10. The maximum absolute atomic E-state index is 12.5. The third-order valence-electron chi connectivity index (χ3n) is 5.64. The van der Waals surface area contributed by atoms with E-state index in [0.717, 1.165) is 18.7 Å². The molecule has 0 spiro atoms. The van der Waals surface area contributed by atoms with Crippen LogP contribution in [0.1, 0.15) is 29.8 Å². The van der Waals surface area contributed by atoms with E-state index < -0.39 is 5.97 Å². The molecular formula is C21H27NO5. The summed E-state index contributed by atoms with van der Waals surface area (Å²) in [5.74, 6) is -0.124. The molecule has 27 heavy (non-hydrogen) atoms. The second kappa shape index (κ2) is 8.13. The van der Waals surface area contributed by atoms with Gasteiger partial charge in [-0.25, -0.2) is 4.79 Å². The highest BCUT2D eigenvalue weighted by Crippen LogP contribution is 2.40. The monoisotopic (exact) mass is 373 g/mol. The summed E-state index contributed by atoms with van der Waals surface area (Å²) in [6.45, 7) is 6.62. The van der Waals surface area contributed by atoms with Crippen molar-refractivity contribution in [2.24, 2.45) is 23.7 Å². The van der Waals surface area contributed by atoms with E-state index in [2.05, 4.69) is 24.0 Å². The number of benzene rings is 1. The summed E-state index contributed by atoms with van der Waals surface area (Å²) in [7, 11) is 1.47. The summed E-state index contributed by atoms with van der Waals surface area (Å²) < 4.78 is 10.4.